The van der Waals surface area contributed by atoms with E-state index in [1.54, 1.807) is 0 Å². The lowest BCUT2D eigenvalue weighted by Crippen LogP contribution is -2.13. The average Bonchev–Trinajstić information content (AvgIpc) is 2.87. The summed E-state index contributed by atoms with van der Waals surface area (Å²) in [5.74, 6) is -0.505. The number of oxazole rings is 1. The van der Waals surface area contributed by atoms with Gasteiger partial charge in [-0.3, -0.25) is 0 Å². The summed E-state index contributed by atoms with van der Waals surface area (Å²) in [4.78, 5) is 3.92. The molecule has 21 heavy (non-hydrogen) atoms. The molecule has 1 aromatic heterocycles. The lowest BCUT2D eigenvalue weighted by atomic mass is 10.1. The van der Waals surface area contributed by atoms with Crippen LogP contribution in [0.4, 0.5) is 17.6 Å². The van der Waals surface area contributed by atoms with Gasteiger partial charge >= 0.3 is 6.18 Å². The molecule has 0 bridgehead atoms. The minimum atomic E-state index is -4.53. The maximum absolute atomic E-state index is 13.7. The Morgan fingerprint density at radius 1 is 1.29 bits per heavy atom. The molecular formula is C14H14F4N2O. The van der Waals surface area contributed by atoms with Gasteiger partial charge in [-0.1, -0.05) is 6.92 Å². The summed E-state index contributed by atoms with van der Waals surface area (Å²) >= 11 is 0. The smallest absolute Gasteiger partial charge is 0.416 e. The number of benzene rings is 1. The van der Waals surface area contributed by atoms with Crippen LogP contribution in [0, 0.1) is 5.82 Å². The maximum Gasteiger partial charge on any atom is 0.416 e. The van der Waals surface area contributed by atoms with E-state index in [0.29, 0.717) is 18.5 Å². The molecule has 0 fully saturated rings. The Hall–Kier alpha value is -1.89. The molecule has 1 heterocycles. The van der Waals surface area contributed by atoms with Gasteiger partial charge in [-0.25, -0.2) is 9.37 Å². The van der Waals surface area contributed by atoms with Crippen molar-refractivity contribution < 1.29 is 22.0 Å². The molecule has 114 valence electrons. The molecule has 1 N–H and O–H groups in total. The van der Waals surface area contributed by atoms with Crippen molar-refractivity contribution >= 4 is 0 Å². The second kappa shape index (κ2) is 6.26. The minimum absolute atomic E-state index is 0.0214. The highest BCUT2D eigenvalue weighted by atomic mass is 19.4. The van der Waals surface area contributed by atoms with Crippen LogP contribution in [0.5, 0.6) is 0 Å². The Balaban J connectivity index is 2.25. The number of aromatic nitrogens is 1. The number of rotatable bonds is 5. The van der Waals surface area contributed by atoms with E-state index in [0.717, 1.165) is 25.1 Å². The molecule has 0 radical (unpaired) electrons. The van der Waals surface area contributed by atoms with Crippen LogP contribution in [-0.4, -0.2) is 11.5 Å². The van der Waals surface area contributed by atoms with Crippen LogP contribution in [0.15, 0.2) is 28.8 Å². The van der Waals surface area contributed by atoms with Gasteiger partial charge in [0.2, 0.25) is 5.89 Å². The Morgan fingerprint density at radius 3 is 2.71 bits per heavy atom. The van der Waals surface area contributed by atoms with Crippen LogP contribution in [0.1, 0.15) is 24.8 Å². The fourth-order valence-corrected chi connectivity index (χ4v) is 1.78. The van der Waals surface area contributed by atoms with Gasteiger partial charge in [-0.05, 0) is 31.2 Å². The van der Waals surface area contributed by atoms with Crippen molar-refractivity contribution in [2.75, 3.05) is 6.54 Å². The number of hydrogen-bond donors (Lipinski definition) is 1. The highest BCUT2D eigenvalue weighted by Gasteiger charge is 2.31. The molecule has 0 saturated heterocycles. The molecule has 0 saturated carbocycles. The van der Waals surface area contributed by atoms with E-state index < -0.39 is 17.6 Å². The standard InChI is InChI=1S/C14H14F4N2O/c1-2-5-19-8-13-20-7-12(21-13)10-6-9(14(16,17)18)3-4-11(10)15/h3-4,6-7,19H,2,5,8H2,1H3. The number of nitrogens with one attached hydrogen (secondary N) is 1. The van der Waals surface area contributed by atoms with Gasteiger partial charge in [0.1, 0.15) is 5.82 Å². The molecule has 0 amide bonds. The molecule has 0 unspecified atom stereocenters. The zero-order chi connectivity index (χ0) is 15.5. The van der Waals surface area contributed by atoms with Gasteiger partial charge in [0.25, 0.3) is 0 Å². The van der Waals surface area contributed by atoms with E-state index in [9.17, 15) is 17.6 Å². The number of hydrogen-bond acceptors (Lipinski definition) is 3. The van der Waals surface area contributed by atoms with Crippen molar-refractivity contribution in [2.24, 2.45) is 0 Å². The monoisotopic (exact) mass is 302 g/mol. The first kappa shape index (κ1) is 15.5. The Morgan fingerprint density at radius 2 is 2.05 bits per heavy atom. The third kappa shape index (κ3) is 3.81. The lowest BCUT2D eigenvalue weighted by Gasteiger charge is -2.08. The normalized spacial score (nSPS) is 11.9. The predicted molar refractivity (Wildman–Crippen MR) is 68.9 cm³/mol. The summed E-state index contributed by atoms with van der Waals surface area (Å²) in [6.45, 7) is 3.09. The van der Waals surface area contributed by atoms with Gasteiger partial charge in [0, 0.05) is 0 Å². The first-order valence-electron chi connectivity index (χ1n) is 6.44. The van der Waals surface area contributed by atoms with Gasteiger partial charge < -0.3 is 9.73 Å². The van der Waals surface area contributed by atoms with Gasteiger partial charge in [0.05, 0.1) is 23.9 Å². The van der Waals surface area contributed by atoms with Crippen molar-refractivity contribution in [3.8, 4) is 11.3 Å². The third-order valence-electron chi connectivity index (χ3n) is 2.82. The SMILES string of the molecule is CCCNCc1ncc(-c2cc(C(F)(F)F)ccc2F)o1. The van der Waals surface area contributed by atoms with Crippen LogP contribution in [-0.2, 0) is 12.7 Å². The predicted octanol–water partition coefficient (Wildman–Crippen LogP) is 4.00. The van der Waals surface area contributed by atoms with Crippen LogP contribution >= 0.6 is 0 Å². The van der Waals surface area contributed by atoms with Gasteiger partial charge in [-0.15, -0.1) is 0 Å². The van der Waals surface area contributed by atoms with Crippen molar-refractivity contribution in [1.29, 1.82) is 0 Å². The molecule has 3 nitrogen and oxygen atoms in total. The van der Waals surface area contributed by atoms with Crippen molar-refractivity contribution in [3.05, 3.63) is 41.7 Å². The maximum atomic E-state index is 13.7. The lowest BCUT2D eigenvalue weighted by molar-refractivity contribution is -0.137. The summed E-state index contributed by atoms with van der Waals surface area (Å²) in [7, 11) is 0. The fourth-order valence-electron chi connectivity index (χ4n) is 1.78. The van der Waals surface area contributed by atoms with Crippen molar-refractivity contribution in [1.82, 2.24) is 10.3 Å². The highest BCUT2D eigenvalue weighted by Crippen LogP contribution is 2.33. The highest BCUT2D eigenvalue weighted by molar-refractivity contribution is 5.58. The summed E-state index contributed by atoms with van der Waals surface area (Å²) in [6, 6.07) is 2.19. The second-order valence-corrected chi connectivity index (χ2v) is 4.49. The van der Waals surface area contributed by atoms with E-state index in [-0.39, 0.29) is 11.3 Å². The molecule has 2 aromatic rings. The van der Waals surface area contributed by atoms with Crippen LogP contribution in [0.3, 0.4) is 0 Å². The fraction of sp³-hybridized carbons (Fsp3) is 0.357. The van der Waals surface area contributed by atoms with E-state index in [2.05, 4.69) is 10.3 Å². The Bertz CT molecular complexity index is 607. The number of nitrogens with zero attached hydrogens (tertiary/aromatic N) is 1. The average molecular weight is 302 g/mol. The van der Waals surface area contributed by atoms with Crippen molar-refractivity contribution in [3.63, 3.8) is 0 Å². The van der Waals surface area contributed by atoms with E-state index in [4.69, 9.17) is 4.42 Å². The summed E-state index contributed by atoms with van der Waals surface area (Å²) in [5.41, 5.74) is -1.18. The first-order chi connectivity index (χ1) is 9.91. The van der Waals surface area contributed by atoms with E-state index in [1.807, 2.05) is 6.92 Å². The zero-order valence-corrected chi connectivity index (χ0v) is 11.3. The molecular weight excluding hydrogens is 288 g/mol. The van der Waals surface area contributed by atoms with E-state index >= 15 is 0 Å². The minimum Gasteiger partial charge on any atom is -0.439 e. The van der Waals surface area contributed by atoms with Crippen LogP contribution in [0.2, 0.25) is 0 Å². The second-order valence-electron chi connectivity index (χ2n) is 4.49. The quantitative estimate of drug-likeness (QED) is 0.670. The summed E-state index contributed by atoms with van der Waals surface area (Å²) in [5, 5.41) is 3.04. The van der Waals surface area contributed by atoms with Gasteiger partial charge in [-0.2, -0.15) is 13.2 Å². The molecule has 0 aliphatic rings. The van der Waals surface area contributed by atoms with Crippen LogP contribution in [0.25, 0.3) is 11.3 Å². The molecule has 1 aromatic carbocycles. The molecule has 7 heteroatoms. The van der Waals surface area contributed by atoms with Gasteiger partial charge in [0.15, 0.2) is 5.76 Å². The number of halogens is 4. The molecule has 0 aliphatic heterocycles. The molecule has 2 rings (SSSR count). The van der Waals surface area contributed by atoms with E-state index in [1.165, 1.54) is 6.20 Å². The molecule has 0 spiro atoms. The first-order valence-corrected chi connectivity index (χ1v) is 6.44. The van der Waals surface area contributed by atoms with Crippen molar-refractivity contribution in [2.45, 2.75) is 26.1 Å². The number of alkyl halides is 3. The zero-order valence-electron chi connectivity index (χ0n) is 11.3. The largest absolute Gasteiger partial charge is 0.439 e. The Labute approximate surface area is 119 Å². The topological polar surface area (TPSA) is 38.1 Å². The van der Waals surface area contributed by atoms with Crippen LogP contribution < -0.4 is 5.32 Å². The third-order valence-corrected chi connectivity index (χ3v) is 2.82. The Kier molecular flexibility index (Phi) is 4.62. The molecule has 0 aliphatic carbocycles. The molecule has 0 atom stereocenters. The summed E-state index contributed by atoms with van der Waals surface area (Å²) in [6.07, 6.45) is -2.38. The summed E-state index contributed by atoms with van der Waals surface area (Å²) < 4.78 is 56.9.